The van der Waals surface area contributed by atoms with Crippen LogP contribution in [0.4, 0.5) is 21.9 Å². The number of piperidine rings is 1. The number of imidazole rings is 1. The van der Waals surface area contributed by atoms with Gasteiger partial charge in [0.1, 0.15) is 0 Å². The Morgan fingerprint density at radius 3 is 2.31 bits per heavy atom. The van der Waals surface area contributed by atoms with Gasteiger partial charge in [-0.15, -0.1) is 0 Å². The molecular formula is C22H27N5O2. The molecule has 2 heterocycles. The maximum Gasteiger partial charge on any atom is 0.328 e. The van der Waals surface area contributed by atoms with Gasteiger partial charge in [0.2, 0.25) is 0 Å². The Morgan fingerprint density at radius 1 is 0.931 bits per heavy atom. The van der Waals surface area contributed by atoms with E-state index >= 15 is 0 Å². The van der Waals surface area contributed by atoms with Gasteiger partial charge >= 0.3 is 11.7 Å². The van der Waals surface area contributed by atoms with Gasteiger partial charge in [0, 0.05) is 32.9 Å². The number of urea groups is 1. The van der Waals surface area contributed by atoms with Crippen molar-refractivity contribution in [1.29, 1.82) is 0 Å². The molecule has 1 aliphatic rings. The van der Waals surface area contributed by atoms with Crippen molar-refractivity contribution in [2.75, 3.05) is 28.6 Å². The van der Waals surface area contributed by atoms with Crippen LogP contribution in [0.25, 0.3) is 11.0 Å². The summed E-state index contributed by atoms with van der Waals surface area (Å²) < 4.78 is 3.26. The van der Waals surface area contributed by atoms with Crippen LogP contribution in [0.2, 0.25) is 0 Å². The molecule has 2 aromatic carbocycles. The molecule has 2 N–H and O–H groups in total. The van der Waals surface area contributed by atoms with E-state index in [9.17, 15) is 9.59 Å². The van der Waals surface area contributed by atoms with Crippen LogP contribution in [0.3, 0.4) is 0 Å². The van der Waals surface area contributed by atoms with Crippen molar-refractivity contribution in [3.05, 3.63) is 52.4 Å². The normalized spacial score (nSPS) is 14.2. The molecule has 0 spiro atoms. The number of fused-ring (bicyclic) bond motifs is 1. The summed E-state index contributed by atoms with van der Waals surface area (Å²) in [4.78, 5) is 27.4. The predicted octanol–water partition coefficient (Wildman–Crippen LogP) is 3.82. The van der Waals surface area contributed by atoms with Gasteiger partial charge in [-0.25, -0.2) is 9.59 Å². The maximum atomic E-state index is 12.7. The van der Waals surface area contributed by atoms with E-state index in [2.05, 4.69) is 15.5 Å². The average Bonchev–Trinajstić information content (AvgIpc) is 2.92. The number of rotatable bonds is 3. The monoisotopic (exact) mass is 393 g/mol. The summed E-state index contributed by atoms with van der Waals surface area (Å²) in [6, 6.07) is 11.3. The highest BCUT2D eigenvalue weighted by molar-refractivity contribution is 6.04. The Labute approximate surface area is 169 Å². The lowest BCUT2D eigenvalue weighted by Gasteiger charge is -2.30. The second-order valence-electron chi connectivity index (χ2n) is 7.75. The minimum absolute atomic E-state index is 0.0778. The first-order valence-electron chi connectivity index (χ1n) is 10.0. The molecule has 0 aliphatic carbocycles. The molecule has 4 rings (SSSR count). The van der Waals surface area contributed by atoms with Crippen LogP contribution in [0.15, 0.2) is 41.2 Å². The van der Waals surface area contributed by atoms with Crippen LogP contribution < -0.4 is 21.2 Å². The molecule has 152 valence electrons. The molecule has 0 atom stereocenters. The first-order chi connectivity index (χ1) is 13.9. The third kappa shape index (κ3) is 3.72. The molecule has 2 amide bonds. The summed E-state index contributed by atoms with van der Waals surface area (Å²) in [5.41, 5.74) is 5.08. The van der Waals surface area contributed by atoms with Gasteiger partial charge in [0.25, 0.3) is 0 Å². The van der Waals surface area contributed by atoms with Gasteiger partial charge in [0.15, 0.2) is 0 Å². The third-order valence-corrected chi connectivity index (χ3v) is 5.61. The smallest absolute Gasteiger partial charge is 0.328 e. The van der Waals surface area contributed by atoms with Crippen molar-refractivity contribution in [3.63, 3.8) is 0 Å². The minimum atomic E-state index is -0.297. The van der Waals surface area contributed by atoms with E-state index in [4.69, 9.17) is 0 Å². The molecule has 29 heavy (non-hydrogen) atoms. The van der Waals surface area contributed by atoms with Crippen LogP contribution in [-0.2, 0) is 14.1 Å². The Bertz CT molecular complexity index is 1120. The van der Waals surface area contributed by atoms with Gasteiger partial charge in [-0.1, -0.05) is 12.1 Å². The molecular weight excluding hydrogens is 366 g/mol. The second kappa shape index (κ2) is 7.66. The zero-order chi connectivity index (χ0) is 20.5. The molecule has 0 radical (unpaired) electrons. The number of nitrogens with one attached hydrogen (secondary N) is 2. The van der Waals surface area contributed by atoms with E-state index < -0.39 is 0 Å². The lowest BCUT2D eigenvalue weighted by atomic mass is 10.1. The van der Waals surface area contributed by atoms with Crippen molar-refractivity contribution in [2.45, 2.75) is 26.2 Å². The molecule has 1 saturated heterocycles. The van der Waals surface area contributed by atoms with E-state index in [1.165, 1.54) is 6.42 Å². The largest absolute Gasteiger partial charge is 0.370 e. The van der Waals surface area contributed by atoms with Crippen LogP contribution in [-0.4, -0.2) is 28.3 Å². The number of benzene rings is 2. The number of carbonyl (C=O) groups is 1. The third-order valence-electron chi connectivity index (χ3n) is 5.61. The standard InChI is InChI=1S/C22H27N5O2/c1-15-8-7-9-16(12-15)23-21(28)24-17-13-19-20(26(3)22(29)25(19)2)14-18(17)27-10-5-4-6-11-27/h7-9,12-14H,4-6,10-11H2,1-3H3,(H2,23,24,28). The van der Waals surface area contributed by atoms with Crippen molar-refractivity contribution < 1.29 is 4.79 Å². The number of aryl methyl sites for hydroxylation is 3. The first-order valence-corrected chi connectivity index (χ1v) is 10.0. The topological polar surface area (TPSA) is 71.3 Å². The number of hydrogen-bond acceptors (Lipinski definition) is 3. The highest BCUT2D eigenvalue weighted by Gasteiger charge is 2.20. The number of carbonyl (C=O) groups excluding carboxylic acids is 1. The van der Waals surface area contributed by atoms with Crippen LogP contribution in [0, 0.1) is 6.92 Å². The molecule has 0 unspecified atom stereocenters. The number of aromatic nitrogens is 2. The summed E-state index contributed by atoms with van der Waals surface area (Å²) in [5.74, 6) is 0. The van der Waals surface area contributed by atoms with Gasteiger partial charge in [-0.2, -0.15) is 0 Å². The van der Waals surface area contributed by atoms with Crippen LogP contribution >= 0.6 is 0 Å². The second-order valence-corrected chi connectivity index (χ2v) is 7.75. The summed E-state index contributed by atoms with van der Waals surface area (Å²) in [6.07, 6.45) is 3.47. The van der Waals surface area contributed by atoms with Crippen LogP contribution in [0.5, 0.6) is 0 Å². The Morgan fingerprint density at radius 2 is 1.62 bits per heavy atom. The Balaban J connectivity index is 1.71. The zero-order valence-corrected chi connectivity index (χ0v) is 17.2. The van der Waals surface area contributed by atoms with E-state index in [0.29, 0.717) is 5.69 Å². The number of hydrogen-bond donors (Lipinski definition) is 2. The number of nitrogens with zero attached hydrogens (tertiary/aromatic N) is 3. The minimum Gasteiger partial charge on any atom is -0.370 e. The molecule has 1 aliphatic heterocycles. The van der Waals surface area contributed by atoms with E-state index in [-0.39, 0.29) is 11.7 Å². The lowest BCUT2D eigenvalue weighted by Crippen LogP contribution is -2.31. The average molecular weight is 393 g/mol. The van der Waals surface area contributed by atoms with Crippen molar-refractivity contribution >= 4 is 34.1 Å². The summed E-state index contributed by atoms with van der Waals surface area (Å²) in [7, 11) is 3.53. The summed E-state index contributed by atoms with van der Waals surface area (Å²) in [5, 5.41) is 5.91. The van der Waals surface area contributed by atoms with Crippen molar-refractivity contribution in [3.8, 4) is 0 Å². The molecule has 0 saturated carbocycles. The fourth-order valence-electron chi connectivity index (χ4n) is 4.04. The predicted molar refractivity (Wildman–Crippen MR) is 118 cm³/mol. The van der Waals surface area contributed by atoms with E-state index in [1.54, 1.807) is 23.2 Å². The highest BCUT2D eigenvalue weighted by atomic mass is 16.2. The first kappa shape index (κ1) is 19.1. The number of amides is 2. The SMILES string of the molecule is Cc1cccc(NC(=O)Nc2cc3c(cc2N2CCCCC2)n(C)c(=O)n3C)c1. The fraction of sp³-hybridized carbons (Fsp3) is 0.364. The van der Waals surface area contributed by atoms with Gasteiger partial charge in [-0.3, -0.25) is 9.13 Å². The Kier molecular flexibility index (Phi) is 5.05. The summed E-state index contributed by atoms with van der Waals surface area (Å²) >= 11 is 0. The quantitative estimate of drug-likeness (QED) is 0.711. The zero-order valence-electron chi connectivity index (χ0n) is 17.2. The molecule has 0 bridgehead atoms. The van der Waals surface area contributed by atoms with Gasteiger partial charge < -0.3 is 15.5 Å². The number of anilines is 3. The Hall–Kier alpha value is -3.22. The van der Waals surface area contributed by atoms with Crippen molar-refractivity contribution in [1.82, 2.24) is 9.13 Å². The van der Waals surface area contributed by atoms with Gasteiger partial charge in [0.05, 0.1) is 22.4 Å². The fourth-order valence-corrected chi connectivity index (χ4v) is 4.04. The molecule has 7 nitrogen and oxygen atoms in total. The molecule has 1 aromatic heterocycles. The van der Waals surface area contributed by atoms with E-state index in [0.717, 1.165) is 53.9 Å². The van der Waals surface area contributed by atoms with E-state index in [1.807, 2.05) is 43.3 Å². The molecule has 1 fully saturated rings. The highest BCUT2D eigenvalue weighted by Crippen LogP contribution is 2.33. The van der Waals surface area contributed by atoms with Gasteiger partial charge in [-0.05, 0) is 56.0 Å². The molecule has 7 heteroatoms. The lowest BCUT2D eigenvalue weighted by molar-refractivity contribution is 0.262. The molecule has 3 aromatic rings. The van der Waals surface area contributed by atoms with Crippen LogP contribution in [0.1, 0.15) is 24.8 Å². The maximum absolute atomic E-state index is 12.7. The van der Waals surface area contributed by atoms with Crippen molar-refractivity contribution in [2.24, 2.45) is 14.1 Å². The summed E-state index contributed by atoms with van der Waals surface area (Å²) in [6.45, 7) is 3.88.